The van der Waals surface area contributed by atoms with Crippen molar-refractivity contribution >= 4 is 10.0 Å². The SMILES string of the molecule is Cc1ccc(C)c(S(=O)(=O)NC2CCCC2C#N)c1. The summed E-state index contributed by atoms with van der Waals surface area (Å²) in [6, 6.07) is 7.30. The average Bonchev–Trinajstić information content (AvgIpc) is 2.78. The van der Waals surface area contributed by atoms with Gasteiger partial charge < -0.3 is 0 Å². The minimum atomic E-state index is -3.54. The summed E-state index contributed by atoms with van der Waals surface area (Å²) in [5, 5.41) is 9.02. The Hall–Kier alpha value is -1.38. The molecule has 19 heavy (non-hydrogen) atoms. The van der Waals surface area contributed by atoms with Crippen LogP contribution in [-0.4, -0.2) is 14.5 Å². The van der Waals surface area contributed by atoms with Gasteiger partial charge in [-0.25, -0.2) is 13.1 Å². The average molecular weight is 278 g/mol. The Morgan fingerprint density at radius 2 is 2.05 bits per heavy atom. The third-order valence-electron chi connectivity index (χ3n) is 3.62. The Morgan fingerprint density at radius 1 is 1.32 bits per heavy atom. The summed E-state index contributed by atoms with van der Waals surface area (Å²) in [5.41, 5.74) is 1.64. The van der Waals surface area contributed by atoms with Crippen LogP contribution in [0.4, 0.5) is 0 Å². The van der Waals surface area contributed by atoms with E-state index in [4.69, 9.17) is 5.26 Å². The number of rotatable bonds is 3. The molecule has 5 heteroatoms. The lowest BCUT2D eigenvalue weighted by atomic mass is 10.1. The molecule has 1 aromatic rings. The van der Waals surface area contributed by atoms with Crippen molar-refractivity contribution in [2.75, 3.05) is 0 Å². The molecule has 0 heterocycles. The highest BCUT2D eigenvalue weighted by Crippen LogP contribution is 2.27. The molecule has 0 spiro atoms. The van der Waals surface area contributed by atoms with Crippen LogP contribution in [0.25, 0.3) is 0 Å². The Balaban J connectivity index is 2.28. The molecule has 1 aliphatic rings. The smallest absolute Gasteiger partial charge is 0.207 e. The van der Waals surface area contributed by atoms with Crippen LogP contribution in [-0.2, 0) is 10.0 Å². The topological polar surface area (TPSA) is 70.0 Å². The maximum atomic E-state index is 12.4. The van der Waals surface area contributed by atoms with Gasteiger partial charge in [0.2, 0.25) is 10.0 Å². The zero-order chi connectivity index (χ0) is 14.0. The highest BCUT2D eigenvalue weighted by Gasteiger charge is 2.31. The number of sulfonamides is 1. The molecule has 0 saturated heterocycles. The summed E-state index contributed by atoms with van der Waals surface area (Å²) in [6.45, 7) is 3.65. The Bertz CT molecular complexity index is 617. The summed E-state index contributed by atoms with van der Waals surface area (Å²) in [7, 11) is -3.54. The number of benzene rings is 1. The van der Waals surface area contributed by atoms with Crippen molar-refractivity contribution in [3.63, 3.8) is 0 Å². The second-order valence-electron chi connectivity index (χ2n) is 5.16. The van der Waals surface area contributed by atoms with Crippen LogP contribution < -0.4 is 4.72 Å². The van der Waals surface area contributed by atoms with E-state index in [2.05, 4.69) is 10.8 Å². The highest BCUT2D eigenvalue weighted by molar-refractivity contribution is 7.89. The van der Waals surface area contributed by atoms with Crippen molar-refractivity contribution in [3.05, 3.63) is 29.3 Å². The van der Waals surface area contributed by atoms with Gasteiger partial charge in [0.05, 0.1) is 16.9 Å². The fourth-order valence-corrected chi connectivity index (χ4v) is 4.16. The zero-order valence-electron chi connectivity index (χ0n) is 11.2. The van der Waals surface area contributed by atoms with Crippen LogP contribution in [0.15, 0.2) is 23.1 Å². The van der Waals surface area contributed by atoms with E-state index < -0.39 is 10.0 Å². The number of nitriles is 1. The van der Waals surface area contributed by atoms with Crippen molar-refractivity contribution in [3.8, 4) is 6.07 Å². The molecule has 1 N–H and O–H groups in total. The van der Waals surface area contributed by atoms with E-state index in [0.717, 1.165) is 30.4 Å². The van der Waals surface area contributed by atoms with Gasteiger partial charge in [-0.05, 0) is 43.9 Å². The van der Waals surface area contributed by atoms with Crippen LogP contribution >= 0.6 is 0 Å². The van der Waals surface area contributed by atoms with E-state index in [1.165, 1.54) is 0 Å². The Kier molecular flexibility index (Phi) is 3.93. The molecule has 1 aliphatic carbocycles. The number of hydrogen-bond acceptors (Lipinski definition) is 3. The number of hydrogen-bond donors (Lipinski definition) is 1. The van der Waals surface area contributed by atoms with Gasteiger partial charge in [0.15, 0.2) is 0 Å². The second kappa shape index (κ2) is 5.32. The highest BCUT2D eigenvalue weighted by atomic mass is 32.2. The second-order valence-corrected chi connectivity index (χ2v) is 6.85. The van der Waals surface area contributed by atoms with Gasteiger partial charge in [0, 0.05) is 6.04 Å². The molecule has 0 aliphatic heterocycles. The minimum absolute atomic E-state index is 0.208. The van der Waals surface area contributed by atoms with Gasteiger partial charge in [-0.1, -0.05) is 18.6 Å². The minimum Gasteiger partial charge on any atom is -0.207 e. The molecule has 0 radical (unpaired) electrons. The van der Waals surface area contributed by atoms with Crippen LogP contribution in [0.5, 0.6) is 0 Å². The van der Waals surface area contributed by atoms with E-state index in [1.54, 1.807) is 19.1 Å². The molecule has 1 fully saturated rings. The van der Waals surface area contributed by atoms with Gasteiger partial charge in [0.1, 0.15) is 0 Å². The van der Waals surface area contributed by atoms with Crippen LogP contribution in [0.2, 0.25) is 0 Å². The lowest BCUT2D eigenvalue weighted by Crippen LogP contribution is -2.37. The van der Waals surface area contributed by atoms with Gasteiger partial charge in [-0.2, -0.15) is 5.26 Å². The van der Waals surface area contributed by atoms with E-state index in [9.17, 15) is 8.42 Å². The van der Waals surface area contributed by atoms with Gasteiger partial charge in [-0.3, -0.25) is 0 Å². The van der Waals surface area contributed by atoms with Crippen LogP contribution in [0.3, 0.4) is 0 Å². The zero-order valence-corrected chi connectivity index (χ0v) is 12.0. The van der Waals surface area contributed by atoms with Crippen LogP contribution in [0.1, 0.15) is 30.4 Å². The molecule has 1 aromatic carbocycles. The fraction of sp³-hybridized carbons (Fsp3) is 0.500. The molecule has 0 bridgehead atoms. The molecule has 2 unspecified atom stereocenters. The summed E-state index contributed by atoms with van der Waals surface area (Å²) >= 11 is 0. The maximum Gasteiger partial charge on any atom is 0.241 e. The van der Waals surface area contributed by atoms with Crippen molar-refractivity contribution in [2.45, 2.75) is 44.0 Å². The van der Waals surface area contributed by atoms with E-state index in [1.807, 2.05) is 13.0 Å². The molecule has 2 atom stereocenters. The maximum absolute atomic E-state index is 12.4. The standard InChI is InChI=1S/C14H18N2O2S/c1-10-6-7-11(2)14(8-10)19(17,18)16-13-5-3-4-12(13)9-15/h6-8,12-13,16H,3-5H2,1-2H3. The van der Waals surface area contributed by atoms with Crippen molar-refractivity contribution in [1.82, 2.24) is 4.72 Å². The first-order chi connectivity index (χ1) is 8.94. The lowest BCUT2D eigenvalue weighted by molar-refractivity contribution is 0.515. The van der Waals surface area contributed by atoms with Crippen molar-refractivity contribution in [2.24, 2.45) is 5.92 Å². The van der Waals surface area contributed by atoms with Crippen molar-refractivity contribution in [1.29, 1.82) is 5.26 Å². The normalized spacial score (nSPS) is 23.2. The third-order valence-corrected chi connectivity index (χ3v) is 5.25. The molecular formula is C14H18N2O2S. The predicted molar refractivity (Wildman–Crippen MR) is 73.0 cm³/mol. The molecule has 0 amide bonds. The Labute approximate surface area is 114 Å². The number of nitrogens with zero attached hydrogens (tertiary/aromatic N) is 1. The summed E-state index contributed by atoms with van der Waals surface area (Å²) < 4.78 is 27.5. The van der Waals surface area contributed by atoms with E-state index >= 15 is 0 Å². The number of aryl methyl sites for hydroxylation is 2. The molecule has 102 valence electrons. The van der Waals surface area contributed by atoms with E-state index in [-0.39, 0.29) is 12.0 Å². The first-order valence-corrected chi connectivity index (χ1v) is 7.91. The summed E-state index contributed by atoms with van der Waals surface area (Å²) in [6.07, 6.45) is 2.41. The predicted octanol–water partition coefficient (Wildman–Crippen LogP) is 2.27. The molecular weight excluding hydrogens is 260 g/mol. The molecule has 1 saturated carbocycles. The van der Waals surface area contributed by atoms with Crippen LogP contribution in [0, 0.1) is 31.1 Å². The Morgan fingerprint density at radius 3 is 2.74 bits per heavy atom. The summed E-state index contributed by atoms with van der Waals surface area (Å²) in [4.78, 5) is 0.316. The quantitative estimate of drug-likeness (QED) is 0.922. The van der Waals surface area contributed by atoms with Gasteiger partial charge in [0.25, 0.3) is 0 Å². The lowest BCUT2D eigenvalue weighted by Gasteiger charge is -2.17. The largest absolute Gasteiger partial charge is 0.241 e. The third kappa shape index (κ3) is 2.96. The molecule has 2 rings (SSSR count). The van der Waals surface area contributed by atoms with Crippen molar-refractivity contribution < 1.29 is 8.42 Å². The first-order valence-electron chi connectivity index (χ1n) is 6.43. The first kappa shape index (κ1) is 14.0. The fourth-order valence-electron chi connectivity index (χ4n) is 2.52. The molecule has 4 nitrogen and oxygen atoms in total. The van der Waals surface area contributed by atoms with E-state index in [0.29, 0.717) is 4.90 Å². The summed E-state index contributed by atoms with van der Waals surface area (Å²) in [5.74, 6) is -0.208. The monoisotopic (exact) mass is 278 g/mol. The molecule has 0 aromatic heterocycles. The van der Waals surface area contributed by atoms with Gasteiger partial charge >= 0.3 is 0 Å². The number of nitrogens with one attached hydrogen (secondary N) is 1. The van der Waals surface area contributed by atoms with Gasteiger partial charge in [-0.15, -0.1) is 0 Å².